The molecule has 4 N–H and O–H groups in total. The van der Waals surface area contributed by atoms with Crippen LogP contribution < -0.4 is 21.1 Å². The Balaban J connectivity index is 0.000000745. The minimum Gasteiger partial charge on any atom is -0.487 e. The summed E-state index contributed by atoms with van der Waals surface area (Å²) in [7, 11) is 0. The highest BCUT2D eigenvalue weighted by atomic mass is 19.4. The van der Waals surface area contributed by atoms with Crippen molar-refractivity contribution in [3.05, 3.63) is 64.2 Å². The van der Waals surface area contributed by atoms with E-state index in [0.717, 1.165) is 55.4 Å². The zero-order chi connectivity index (χ0) is 30.9. The number of fused-ring (bicyclic) bond motifs is 2. The number of aryl methyl sites for hydroxylation is 3. The van der Waals surface area contributed by atoms with Gasteiger partial charge in [0.2, 0.25) is 5.91 Å². The van der Waals surface area contributed by atoms with E-state index < -0.39 is 6.68 Å². The zero-order valence-corrected chi connectivity index (χ0v) is 24.9. The summed E-state index contributed by atoms with van der Waals surface area (Å²) in [5.41, 5.74) is 11.0. The van der Waals surface area contributed by atoms with Crippen LogP contribution in [0.5, 0.6) is 5.75 Å². The fraction of sp³-hybridized carbons (Fsp3) is 0.531. The molecule has 2 heterocycles. The monoisotopic (exact) mass is 588 g/mol. The molecule has 2 amide bonds. The molecular formula is C32H43F3N4O3. The molecule has 0 saturated heterocycles. The number of rotatable bonds is 7. The summed E-state index contributed by atoms with van der Waals surface area (Å²) in [6, 6.07) is 12.3. The molecule has 2 aliphatic heterocycles. The standard InChI is InChI=1S/C29H36N4O3.C2H6.CHF3/c1-29(2)17-24(32-27(35)21-12-11-19-7-5-8-20(19)15-21)23-14-18(10-13-25(23)36-29)6-3-4-9-22-16-26(34)33-28(30)31-22;1-2;2-1(3)4/h10-15,22,24H,3-9,16-17H2,1-2H3,(H,32,35)(H3,30,31,33,34);1-2H3;1H. The molecule has 2 atom stereocenters. The van der Waals surface area contributed by atoms with Crippen molar-refractivity contribution in [2.24, 2.45) is 10.7 Å². The number of ether oxygens (including phenoxy) is 1. The van der Waals surface area contributed by atoms with Gasteiger partial charge in [-0.3, -0.25) is 14.9 Å². The first-order valence-electron chi connectivity index (χ1n) is 14.8. The quantitative estimate of drug-likeness (QED) is 0.329. The molecule has 0 aromatic heterocycles. The molecule has 2 unspecified atom stereocenters. The summed E-state index contributed by atoms with van der Waals surface area (Å²) in [5, 5.41) is 5.85. The van der Waals surface area contributed by atoms with E-state index in [9.17, 15) is 22.8 Å². The Morgan fingerprint density at radius 2 is 1.83 bits per heavy atom. The predicted molar refractivity (Wildman–Crippen MR) is 159 cm³/mol. The van der Waals surface area contributed by atoms with E-state index in [1.165, 1.54) is 23.1 Å². The molecule has 0 saturated carbocycles. The molecule has 10 heteroatoms. The minimum atomic E-state index is -3.67. The molecule has 0 fully saturated rings. The number of benzene rings is 2. The number of aliphatic imine (C=N–C) groups is 1. The lowest BCUT2D eigenvalue weighted by Gasteiger charge is -2.38. The predicted octanol–water partition coefficient (Wildman–Crippen LogP) is 6.33. The number of hydrogen-bond donors (Lipinski definition) is 3. The van der Waals surface area contributed by atoms with Gasteiger partial charge in [-0.25, -0.2) is 4.99 Å². The lowest BCUT2D eigenvalue weighted by molar-refractivity contribution is -0.120. The lowest BCUT2D eigenvalue weighted by atomic mass is 9.88. The average Bonchev–Trinajstić information content (AvgIpc) is 3.39. The highest BCUT2D eigenvalue weighted by molar-refractivity contribution is 5.98. The number of alkyl halides is 3. The smallest absolute Gasteiger partial charge is 0.379 e. The lowest BCUT2D eigenvalue weighted by Crippen LogP contribution is -2.43. The van der Waals surface area contributed by atoms with Crippen LogP contribution in [0.4, 0.5) is 13.2 Å². The second-order valence-electron chi connectivity index (χ2n) is 11.2. The van der Waals surface area contributed by atoms with E-state index in [4.69, 9.17) is 10.5 Å². The van der Waals surface area contributed by atoms with E-state index in [2.05, 4.69) is 53.7 Å². The number of nitrogens with one attached hydrogen (secondary N) is 2. The van der Waals surface area contributed by atoms with Crippen LogP contribution >= 0.6 is 0 Å². The van der Waals surface area contributed by atoms with Crippen molar-refractivity contribution in [3.63, 3.8) is 0 Å². The normalized spacial score (nSPS) is 19.9. The maximum atomic E-state index is 13.2. The van der Waals surface area contributed by atoms with E-state index in [1.54, 1.807) is 0 Å². The van der Waals surface area contributed by atoms with Gasteiger partial charge in [0, 0.05) is 24.0 Å². The van der Waals surface area contributed by atoms with Crippen LogP contribution in [0.1, 0.15) is 105 Å². The number of guanidine groups is 1. The number of amides is 2. The van der Waals surface area contributed by atoms with Crippen molar-refractivity contribution < 1.29 is 27.5 Å². The van der Waals surface area contributed by atoms with Crippen molar-refractivity contribution in [2.45, 2.75) is 110 Å². The molecule has 0 spiro atoms. The second-order valence-corrected chi connectivity index (χ2v) is 11.2. The van der Waals surface area contributed by atoms with Gasteiger partial charge in [0.05, 0.1) is 12.1 Å². The minimum absolute atomic E-state index is 0.0277. The summed E-state index contributed by atoms with van der Waals surface area (Å²) in [6.45, 7) is 4.47. The Bertz CT molecular complexity index is 1260. The third-order valence-corrected chi connectivity index (χ3v) is 7.46. The number of halogens is 3. The maximum Gasteiger partial charge on any atom is 0.379 e. The summed E-state index contributed by atoms with van der Waals surface area (Å²) in [5.74, 6) is 0.979. The van der Waals surface area contributed by atoms with Gasteiger partial charge in [-0.2, -0.15) is 13.2 Å². The number of carbonyl (C=O) groups excluding carboxylic acids is 2. The summed E-state index contributed by atoms with van der Waals surface area (Å²) in [6.07, 6.45) is 8.16. The Labute approximate surface area is 246 Å². The number of nitrogens with zero attached hydrogens (tertiary/aromatic N) is 1. The van der Waals surface area contributed by atoms with Crippen molar-refractivity contribution >= 4 is 17.8 Å². The van der Waals surface area contributed by atoms with Gasteiger partial charge in [0.15, 0.2) is 5.96 Å². The Hall–Kier alpha value is -3.56. The van der Waals surface area contributed by atoms with Gasteiger partial charge in [-0.05, 0) is 87.3 Å². The molecule has 2 aromatic carbocycles. The van der Waals surface area contributed by atoms with Crippen molar-refractivity contribution in [1.82, 2.24) is 10.6 Å². The summed E-state index contributed by atoms with van der Waals surface area (Å²) < 4.78 is 35.3. The molecule has 42 heavy (non-hydrogen) atoms. The highest BCUT2D eigenvalue weighted by Crippen LogP contribution is 2.40. The first-order valence-corrected chi connectivity index (χ1v) is 14.8. The Morgan fingerprint density at radius 3 is 2.55 bits per heavy atom. The molecule has 0 radical (unpaired) electrons. The van der Waals surface area contributed by atoms with Gasteiger partial charge in [-0.15, -0.1) is 0 Å². The van der Waals surface area contributed by atoms with Crippen molar-refractivity contribution in [2.75, 3.05) is 0 Å². The number of unbranched alkanes of at least 4 members (excludes halogenated alkanes) is 1. The topological polar surface area (TPSA) is 106 Å². The van der Waals surface area contributed by atoms with Crippen LogP contribution in [-0.4, -0.2) is 36.1 Å². The maximum absolute atomic E-state index is 13.2. The van der Waals surface area contributed by atoms with Crippen LogP contribution in [0, 0.1) is 0 Å². The van der Waals surface area contributed by atoms with Crippen LogP contribution in [-0.2, 0) is 24.1 Å². The second kappa shape index (κ2) is 15.1. The molecule has 0 bridgehead atoms. The van der Waals surface area contributed by atoms with E-state index in [-0.39, 0.29) is 35.5 Å². The molecule has 3 aliphatic rings. The van der Waals surface area contributed by atoms with Gasteiger partial charge in [0.25, 0.3) is 5.91 Å². The van der Waals surface area contributed by atoms with E-state index >= 15 is 0 Å². The van der Waals surface area contributed by atoms with E-state index in [1.807, 2.05) is 26.0 Å². The fourth-order valence-corrected chi connectivity index (χ4v) is 5.70. The van der Waals surface area contributed by atoms with Crippen LogP contribution in [0.2, 0.25) is 0 Å². The van der Waals surface area contributed by atoms with Crippen LogP contribution in [0.25, 0.3) is 0 Å². The zero-order valence-electron chi connectivity index (χ0n) is 24.9. The number of nitrogens with two attached hydrogens (primary N) is 1. The van der Waals surface area contributed by atoms with Crippen molar-refractivity contribution in [3.8, 4) is 5.75 Å². The molecule has 1 aliphatic carbocycles. The molecule has 7 nitrogen and oxygen atoms in total. The first-order chi connectivity index (χ1) is 20.0. The number of carbonyl (C=O) groups is 2. The van der Waals surface area contributed by atoms with E-state index in [0.29, 0.717) is 12.8 Å². The Morgan fingerprint density at radius 1 is 1.12 bits per heavy atom. The molecular weight excluding hydrogens is 545 g/mol. The van der Waals surface area contributed by atoms with Crippen molar-refractivity contribution in [1.29, 1.82) is 0 Å². The Kier molecular flexibility index (Phi) is 11.8. The first kappa shape index (κ1) is 32.9. The largest absolute Gasteiger partial charge is 0.487 e. The third-order valence-electron chi connectivity index (χ3n) is 7.46. The SMILES string of the molecule is CC.CC1(C)CC(NC(=O)c2ccc3c(c2)CCC3)c2cc(CCCCC3CC(=O)NC(N)=N3)ccc2O1.FC(F)F. The van der Waals surface area contributed by atoms with Gasteiger partial charge in [0.1, 0.15) is 11.4 Å². The van der Waals surface area contributed by atoms with Gasteiger partial charge in [-0.1, -0.05) is 38.5 Å². The van der Waals surface area contributed by atoms with Crippen LogP contribution in [0.3, 0.4) is 0 Å². The average molecular weight is 589 g/mol. The fourth-order valence-electron chi connectivity index (χ4n) is 5.70. The summed E-state index contributed by atoms with van der Waals surface area (Å²) >= 11 is 0. The third kappa shape index (κ3) is 9.49. The molecule has 2 aromatic rings. The van der Waals surface area contributed by atoms with Crippen LogP contribution in [0.15, 0.2) is 41.4 Å². The molecule has 5 rings (SSSR count). The van der Waals surface area contributed by atoms with Gasteiger partial charge < -0.3 is 15.8 Å². The highest BCUT2D eigenvalue weighted by Gasteiger charge is 2.35. The number of hydrogen-bond acceptors (Lipinski definition) is 5. The molecule has 230 valence electrons. The van der Waals surface area contributed by atoms with Gasteiger partial charge >= 0.3 is 6.68 Å². The summed E-state index contributed by atoms with van der Waals surface area (Å²) in [4.78, 5) is 29.2.